The number of benzene rings is 1. The lowest BCUT2D eigenvalue weighted by Crippen LogP contribution is -2.22. The van der Waals surface area contributed by atoms with Gasteiger partial charge in [-0.3, -0.25) is 9.58 Å². The highest BCUT2D eigenvalue weighted by atomic mass is 32.1. The van der Waals surface area contributed by atoms with E-state index in [1.165, 1.54) is 5.56 Å². The van der Waals surface area contributed by atoms with Crippen molar-refractivity contribution < 1.29 is 4.42 Å². The highest BCUT2D eigenvalue weighted by molar-refractivity contribution is 7.13. The van der Waals surface area contributed by atoms with E-state index in [4.69, 9.17) is 4.42 Å². The third kappa shape index (κ3) is 4.15. The normalized spacial score (nSPS) is 12.6. The minimum absolute atomic E-state index is 0.0173. The second-order valence-electron chi connectivity index (χ2n) is 6.55. The zero-order valence-corrected chi connectivity index (χ0v) is 16.1. The van der Waals surface area contributed by atoms with Crippen LogP contribution in [-0.4, -0.2) is 31.9 Å². The molecule has 0 saturated carbocycles. The van der Waals surface area contributed by atoms with Crippen molar-refractivity contribution in [1.29, 1.82) is 0 Å². The molecular formula is C20H21N5OS. The van der Waals surface area contributed by atoms with Gasteiger partial charge in [-0.25, -0.2) is 0 Å². The van der Waals surface area contributed by atoms with Crippen molar-refractivity contribution >= 4 is 11.3 Å². The molecule has 3 aromatic heterocycles. The second kappa shape index (κ2) is 7.85. The monoisotopic (exact) mass is 379 g/mol. The van der Waals surface area contributed by atoms with Gasteiger partial charge in [-0.15, -0.1) is 21.5 Å². The van der Waals surface area contributed by atoms with Crippen LogP contribution in [0.2, 0.25) is 0 Å². The van der Waals surface area contributed by atoms with Crippen molar-refractivity contribution in [1.82, 2.24) is 24.9 Å². The molecule has 6 nitrogen and oxygen atoms in total. The van der Waals surface area contributed by atoms with Gasteiger partial charge in [0, 0.05) is 18.3 Å². The number of hydrogen-bond acceptors (Lipinski definition) is 6. The molecule has 1 atom stereocenters. The van der Waals surface area contributed by atoms with E-state index < -0.39 is 0 Å². The van der Waals surface area contributed by atoms with E-state index in [-0.39, 0.29) is 6.04 Å². The topological polar surface area (TPSA) is 60.0 Å². The summed E-state index contributed by atoms with van der Waals surface area (Å²) >= 11 is 1.59. The third-order valence-corrected chi connectivity index (χ3v) is 5.36. The summed E-state index contributed by atoms with van der Waals surface area (Å²) < 4.78 is 7.82. The van der Waals surface area contributed by atoms with Crippen molar-refractivity contribution in [3.63, 3.8) is 0 Å². The number of thiophene rings is 1. The number of nitrogens with zero attached hydrogens (tertiary/aromatic N) is 5. The van der Waals surface area contributed by atoms with Gasteiger partial charge in [0.15, 0.2) is 0 Å². The van der Waals surface area contributed by atoms with E-state index in [0.29, 0.717) is 11.8 Å². The second-order valence-corrected chi connectivity index (χ2v) is 7.49. The van der Waals surface area contributed by atoms with E-state index in [2.05, 4.69) is 45.4 Å². The van der Waals surface area contributed by atoms with Gasteiger partial charge in [-0.05, 0) is 31.0 Å². The molecule has 0 aliphatic carbocycles. The fourth-order valence-electron chi connectivity index (χ4n) is 2.86. The van der Waals surface area contributed by atoms with Crippen LogP contribution in [-0.2, 0) is 13.1 Å². The molecule has 7 heteroatoms. The van der Waals surface area contributed by atoms with Gasteiger partial charge < -0.3 is 4.42 Å². The predicted octanol–water partition coefficient (Wildman–Crippen LogP) is 4.24. The summed E-state index contributed by atoms with van der Waals surface area (Å²) in [5.74, 6) is 1.20. The van der Waals surface area contributed by atoms with E-state index in [0.717, 1.165) is 23.5 Å². The van der Waals surface area contributed by atoms with Crippen LogP contribution in [0.3, 0.4) is 0 Å². The van der Waals surface area contributed by atoms with Gasteiger partial charge in [0.2, 0.25) is 5.89 Å². The molecule has 0 amide bonds. The van der Waals surface area contributed by atoms with E-state index >= 15 is 0 Å². The van der Waals surface area contributed by atoms with Crippen LogP contribution >= 0.6 is 11.3 Å². The summed E-state index contributed by atoms with van der Waals surface area (Å²) in [4.78, 5) is 3.17. The Morgan fingerprint density at radius 1 is 1.11 bits per heavy atom. The van der Waals surface area contributed by atoms with E-state index in [9.17, 15) is 0 Å². The predicted molar refractivity (Wildman–Crippen MR) is 105 cm³/mol. The van der Waals surface area contributed by atoms with Crippen LogP contribution in [0, 0.1) is 0 Å². The highest BCUT2D eigenvalue weighted by Gasteiger charge is 2.20. The Kier molecular flexibility index (Phi) is 5.13. The average molecular weight is 379 g/mol. The molecule has 0 spiro atoms. The van der Waals surface area contributed by atoms with Gasteiger partial charge in [0.25, 0.3) is 5.89 Å². The smallest absolute Gasteiger partial charge is 0.257 e. The molecule has 0 saturated heterocycles. The summed E-state index contributed by atoms with van der Waals surface area (Å²) in [6.45, 7) is 3.60. The zero-order chi connectivity index (χ0) is 18.6. The number of rotatable bonds is 7. The van der Waals surface area contributed by atoms with Gasteiger partial charge >= 0.3 is 0 Å². The fourth-order valence-corrected chi connectivity index (χ4v) is 3.51. The molecule has 0 unspecified atom stereocenters. The molecule has 0 N–H and O–H groups in total. The van der Waals surface area contributed by atoms with Crippen molar-refractivity contribution in [3.8, 4) is 10.8 Å². The van der Waals surface area contributed by atoms with Gasteiger partial charge in [0.05, 0.1) is 23.7 Å². The quantitative estimate of drug-likeness (QED) is 0.481. The first-order chi connectivity index (χ1) is 13.2. The minimum Gasteiger partial charge on any atom is -0.418 e. The first-order valence-corrected chi connectivity index (χ1v) is 9.70. The fraction of sp³-hybridized carbons (Fsp3) is 0.250. The highest BCUT2D eigenvalue weighted by Crippen LogP contribution is 2.26. The lowest BCUT2D eigenvalue weighted by molar-refractivity contribution is 0.218. The summed E-state index contributed by atoms with van der Waals surface area (Å²) in [5, 5.41) is 14.9. The van der Waals surface area contributed by atoms with Gasteiger partial charge in [-0.2, -0.15) is 5.10 Å². The van der Waals surface area contributed by atoms with Crippen LogP contribution < -0.4 is 0 Å². The van der Waals surface area contributed by atoms with Gasteiger partial charge in [0.1, 0.15) is 0 Å². The Morgan fingerprint density at radius 2 is 1.96 bits per heavy atom. The van der Waals surface area contributed by atoms with Crippen LogP contribution in [0.25, 0.3) is 10.8 Å². The van der Waals surface area contributed by atoms with Crippen LogP contribution in [0.5, 0.6) is 0 Å². The molecule has 0 radical (unpaired) electrons. The third-order valence-electron chi connectivity index (χ3n) is 4.50. The molecule has 4 aromatic rings. The Morgan fingerprint density at radius 3 is 2.74 bits per heavy atom. The van der Waals surface area contributed by atoms with E-state index in [1.807, 2.05) is 53.6 Å². The Labute approximate surface area is 162 Å². The minimum atomic E-state index is 0.0173. The maximum absolute atomic E-state index is 5.86. The molecule has 3 heterocycles. The van der Waals surface area contributed by atoms with Crippen LogP contribution in [0.4, 0.5) is 0 Å². The van der Waals surface area contributed by atoms with Crippen molar-refractivity contribution in [2.75, 3.05) is 7.05 Å². The lowest BCUT2D eigenvalue weighted by atomic mass is 10.2. The maximum Gasteiger partial charge on any atom is 0.257 e. The molecule has 0 aliphatic rings. The molecule has 138 valence electrons. The average Bonchev–Trinajstić information content (AvgIpc) is 3.43. The molecule has 1 aromatic carbocycles. The summed E-state index contributed by atoms with van der Waals surface area (Å²) in [6, 6.07) is 14.3. The largest absolute Gasteiger partial charge is 0.418 e. The van der Waals surface area contributed by atoms with Crippen molar-refractivity contribution in [3.05, 3.63) is 77.3 Å². The van der Waals surface area contributed by atoms with Crippen molar-refractivity contribution in [2.24, 2.45) is 0 Å². The Hall–Kier alpha value is -2.77. The first kappa shape index (κ1) is 17.6. The molecule has 0 aliphatic heterocycles. The number of hydrogen-bond donors (Lipinski definition) is 0. The SMILES string of the molecule is C[C@H](c1nnc(-c2cccs2)o1)N(C)Cc1cnn(Cc2ccccc2)c1. The first-order valence-electron chi connectivity index (χ1n) is 8.82. The Bertz CT molecular complexity index is 977. The standard InChI is InChI=1S/C20H21N5OS/c1-15(19-22-23-20(26-19)18-9-6-10-27-18)24(2)12-17-11-21-25(14-17)13-16-7-4-3-5-8-16/h3-11,14-15H,12-13H2,1-2H3/t15-/m1/s1. The Balaban J connectivity index is 1.39. The van der Waals surface area contributed by atoms with Crippen molar-refractivity contribution in [2.45, 2.75) is 26.1 Å². The molecule has 0 bridgehead atoms. The maximum atomic E-state index is 5.86. The van der Waals surface area contributed by atoms with Gasteiger partial charge in [-0.1, -0.05) is 36.4 Å². The lowest BCUT2D eigenvalue weighted by Gasteiger charge is -2.20. The summed E-state index contributed by atoms with van der Waals surface area (Å²) in [5.41, 5.74) is 2.39. The molecule has 4 rings (SSSR count). The summed E-state index contributed by atoms with van der Waals surface area (Å²) in [7, 11) is 2.05. The molecule has 27 heavy (non-hydrogen) atoms. The summed E-state index contributed by atoms with van der Waals surface area (Å²) in [6.07, 6.45) is 4.00. The van der Waals surface area contributed by atoms with Crippen LogP contribution in [0.15, 0.2) is 64.7 Å². The van der Waals surface area contributed by atoms with Crippen LogP contribution in [0.1, 0.15) is 30.0 Å². The molecular weight excluding hydrogens is 358 g/mol. The number of aromatic nitrogens is 4. The zero-order valence-electron chi connectivity index (χ0n) is 15.3. The van der Waals surface area contributed by atoms with E-state index in [1.54, 1.807) is 11.3 Å². The molecule has 0 fully saturated rings.